The van der Waals surface area contributed by atoms with Crippen molar-refractivity contribution >= 4 is 29.9 Å². The summed E-state index contributed by atoms with van der Waals surface area (Å²) < 4.78 is 13.6. The summed E-state index contributed by atoms with van der Waals surface area (Å²) in [6.45, 7) is 4.81. The topological polar surface area (TPSA) is 72.7 Å². The van der Waals surface area contributed by atoms with Crippen LogP contribution in [0.3, 0.4) is 0 Å². The second kappa shape index (κ2) is 12.6. The van der Waals surface area contributed by atoms with Crippen LogP contribution in [0.1, 0.15) is 29.5 Å². The molecule has 2 N–H and O–H groups in total. The van der Waals surface area contributed by atoms with Gasteiger partial charge in [0.25, 0.3) is 0 Å². The first-order chi connectivity index (χ1) is 15.7. The van der Waals surface area contributed by atoms with E-state index in [4.69, 9.17) is 9.47 Å². The van der Waals surface area contributed by atoms with E-state index in [9.17, 15) is 0 Å². The molecule has 7 nitrogen and oxygen atoms in total. The maximum absolute atomic E-state index is 6.11. The van der Waals surface area contributed by atoms with Crippen LogP contribution >= 0.6 is 24.0 Å². The van der Waals surface area contributed by atoms with Crippen molar-refractivity contribution in [1.82, 2.24) is 20.4 Å². The number of aliphatic imine (C=N–C) groups is 1. The summed E-state index contributed by atoms with van der Waals surface area (Å²) in [4.78, 5) is 4.35. The molecule has 1 fully saturated rings. The number of ether oxygens (including phenoxy) is 2. The number of nitrogens with one attached hydrogen (secondary N) is 2. The molecule has 0 aliphatic carbocycles. The first-order valence-corrected chi connectivity index (χ1v) is 11.1. The molecular formula is C25H32IN5O2. The Hall–Kier alpha value is -2.59. The standard InChI is InChI=1S/C25H31N5O2.HI/c1-19-6-9-21(24(15-19)32-18-23-5-3-14-31-23)17-28-25(26-2)27-16-20-7-10-22(11-8-20)30-13-4-12-29-30;/h4,6-13,15,23H,3,5,14,16-18H2,1-2H3,(H2,26,27,28);1H. The Morgan fingerprint density at radius 2 is 2.00 bits per heavy atom. The van der Waals surface area contributed by atoms with E-state index in [1.807, 2.05) is 16.9 Å². The van der Waals surface area contributed by atoms with Gasteiger partial charge in [-0.25, -0.2) is 4.68 Å². The van der Waals surface area contributed by atoms with Crippen LogP contribution in [0, 0.1) is 6.92 Å². The predicted octanol–water partition coefficient (Wildman–Crippen LogP) is 4.22. The third-order valence-corrected chi connectivity index (χ3v) is 5.51. The van der Waals surface area contributed by atoms with Crippen LogP contribution < -0.4 is 15.4 Å². The molecule has 1 atom stereocenters. The summed E-state index contributed by atoms with van der Waals surface area (Å²) in [6, 6.07) is 16.5. The van der Waals surface area contributed by atoms with E-state index < -0.39 is 0 Å². The minimum atomic E-state index is 0. The smallest absolute Gasteiger partial charge is 0.191 e. The molecule has 2 heterocycles. The fraction of sp³-hybridized carbons (Fsp3) is 0.360. The van der Waals surface area contributed by atoms with Gasteiger partial charge in [-0.2, -0.15) is 5.10 Å². The van der Waals surface area contributed by atoms with E-state index in [-0.39, 0.29) is 30.1 Å². The zero-order valence-electron chi connectivity index (χ0n) is 19.2. The van der Waals surface area contributed by atoms with Crippen molar-refractivity contribution in [2.24, 2.45) is 4.99 Å². The van der Waals surface area contributed by atoms with Gasteiger partial charge >= 0.3 is 0 Å². The normalized spacial score (nSPS) is 15.7. The van der Waals surface area contributed by atoms with Crippen molar-refractivity contribution in [1.29, 1.82) is 0 Å². The monoisotopic (exact) mass is 561 g/mol. The SMILES string of the molecule is CN=C(NCc1ccc(-n2cccn2)cc1)NCc1ccc(C)cc1OCC1CCCO1.I. The van der Waals surface area contributed by atoms with Gasteiger partial charge in [0.15, 0.2) is 5.96 Å². The quantitative estimate of drug-likeness (QED) is 0.245. The van der Waals surface area contributed by atoms with Gasteiger partial charge in [-0.1, -0.05) is 24.3 Å². The maximum Gasteiger partial charge on any atom is 0.191 e. The average molecular weight is 561 g/mol. The molecule has 1 saturated heterocycles. The largest absolute Gasteiger partial charge is 0.491 e. The molecule has 4 rings (SSSR count). The summed E-state index contributed by atoms with van der Waals surface area (Å²) in [5, 5.41) is 11.0. The first-order valence-electron chi connectivity index (χ1n) is 11.1. The van der Waals surface area contributed by atoms with Crippen molar-refractivity contribution in [3.63, 3.8) is 0 Å². The highest BCUT2D eigenvalue weighted by molar-refractivity contribution is 14.0. The van der Waals surface area contributed by atoms with Crippen LogP contribution in [-0.2, 0) is 17.8 Å². The van der Waals surface area contributed by atoms with Gasteiger partial charge in [0.1, 0.15) is 12.4 Å². The van der Waals surface area contributed by atoms with Gasteiger partial charge in [0.05, 0.1) is 11.8 Å². The van der Waals surface area contributed by atoms with E-state index in [0.29, 0.717) is 19.7 Å². The number of nitrogens with zero attached hydrogens (tertiary/aromatic N) is 3. The first kappa shape index (κ1) is 25.0. The molecule has 0 radical (unpaired) electrons. The van der Waals surface area contributed by atoms with Gasteiger partial charge in [0.2, 0.25) is 0 Å². The van der Waals surface area contributed by atoms with E-state index in [1.54, 1.807) is 13.2 Å². The summed E-state index contributed by atoms with van der Waals surface area (Å²) in [5.41, 5.74) is 4.48. The minimum absolute atomic E-state index is 0. The molecule has 3 aromatic rings. The number of hydrogen-bond donors (Lipinski definition) is 2. The van der Waals surface area contributed by atoms with Crippen LogP contribution in [0.2, 0.25) is 0 Å². The summed E-state index contributed by atoms with van der Waals surface area (Å²) in [5.74, 6) is 1.64. The number of halogens is 1. The molecular weight excluding hydrogens is 529 g/mol. The van der Waals surface area contributed by atoms with E-state index >= 15 is 0 Å². The van der Waals surface area contributed by atoms with Crippen molar-refractivity contribution in [3.05, 3.63) is 77.6 Å². The molecule has 2 aromatic carbocycles. The van der Waals surface area contributed by atoms with Gasteiger partial charge in [0, 0.05) is 44.7 Å². The fourth-order valence-electron chi connectivity index (χ4n) is 3.67. The highest BCUT2D eigenvalue weighted by atomic mass is 127. The molecule has 1 aromatic heterocycles. The van der Waals surface area contributed by atoms with Crippen LogP contribution in [0.15, 0.2) is 65.9 Å². The van der Waals surface area contributed by atoms with Gasteiger partial charge in [-0.15, -0.1) is 24.0 Å². The molecule has 8 heteroatoms. The number of aryl methyl sites for hydroxylation is 1. The van der Waals surface area contributed by atoms with E-state index in [0.717, 1.165) is 42.4 Å². The third-order valence-electron chi connectivity index (χ3n) is 5.51. The lowest BCUT2D eigenvalue weighted by Crippen LogP contribution is -2.36. The van der Waals surface area contributed by atoms with Crippen LogP contribution in [0.5, 0.6) is 5.75 Å². The molecule has 1 unspecified atom stereocenters. The Bertz CT molecular complexity index is 1020. The summed E-state index contributed by atoms with van der Waals surface area (Å²) in [6.07, 6.45) is 6.09. The average Bonchev–Trinajstić information content (AvgIpc) is 3.54. The Morgan fingerprint density at radius 3 is 2.70 bits per heavy atom. The number of aromatic nitrogens is 2. The molecule has 33 heavy (non-hydrogen) atoms. The number of hydrogen-bond acceptors (Lipinski definition) is 4. The lowest BCUT2D eigenvalue weighted by Gasteiger charge is -2.17. The molecule has 1 aliphatic rings. The Kier molecular flexibility index (Phi) is 9.56. The second-order valence-electron chi connectivity index (χ2n) is 7.95. The Labute approximate surface area is 212 Å². The van der Waals surface area contributed by atoms with Crippen molar-refractivity contribution in [2.75, 3.05) is 20.3 Å². The van der Waals surface area contributed by atoms with Crippen LogP contribution in [-0.4, -0.2) is 42.1 Å². The highest BCUT2D eigenvalue weighted by Gasteiger charge is 2.17. The van der Waals surface area contributed by atoms with E-state index in [2.05, 4.69) is 70.1 Å². The van der Waals surface area contributed by atoms with Crippen molar-refractivity contribution < 1.29 is 9.47 Å². The fourth-order valence-corrected chi connectivity index (χ4v) is 3.67. The highest BCUT2D eigenvalue weighted by Crippen LogP contribution is 2.22. The van der Waals surface area contributed by atoms with Gasteiger partial charge in [-0.05, 0) is 55.2 Å². The zero-order chi connectivity index (χ0) is 22.2. The Morgan fingerprint density at radius 1 is 1.18 bits per heavy atom. The predicted molar refractivity (Wildman–Crippen MR) is 142 cm³/mol. The van der Waals surface area contributed by atoms with E-state index in [1.165, 1.54) is 11.1 Å². The molecule has 176 valence electrons. The summed E-state index contributed by atoms with van der Waals surface area (Å²) >= 11 is 0. The number of rotatable bonds is 8. The summed E-state index contributed by atoms with van der Waals surface area (Å²) in [7, 11) is 1.78. The molecule has 1 aliphatic heterocycles. The minimum Gasteiger partial charge on any atom is -0.491 e. The van der Waals surface area contributed by atoms with Crippen molar-refractivity contribution in [3.8, 4) is 11.4 Å². The molecule has 0 bridgehead atoms. The van der Waals surface area contributed by atoms with Crippen molar-refractivity contribution in [2.45, 2.75) is 39.0 Å². The lowest BCUT2D eigenvalue weighted by atomic mass is 10.1. The van der Waals surface area contributed by atoms with Crippen LogP contribution in [0.4, 0.5) is 0 Å². The molecule has 0 spiro atoms. The zero-order valence-corrected chi connectivity index (χ0v) is 21.5. The second-order valence-corrected chi connectivity index (χ2v) is 7.95. The molecule has 0 amide bonds. The third kappa shape index (κ3) is 7.20. The maximum atomic E-state index is 6.11. The van der Waals surface area contributed by atoms with Crippen LogP contribution in [0.25, 0.3) is 5.69 Å². The van der Waals surface area contributed by atoms with Gasteiger partial charge < -0.3 is 20.1 Å². The lowest BCUT2D eigenvalue weighted by molar-refractivity contribution is 0.0676. The Balaban J connectivity index is 0.00000306. The molecule has 0 saturated carbocycles. The number of guanidine groups is 1. The number of benzene rings is 2. The van der Waals surface area contributed by atoms with Gasteiger partial charge in [-0.3, -0.25) is 4.99 Å².